The lowest BCUT2D eigenvalue weighted by Gasteiger charge is -2.14. The Morgan fingerprint density at radius 3 is 1.02 bits per heavy atom. The zero-order valence-electron chi connectivity index (χ0n) is 44.8. The van der Waals surface area contributed by atoms with Gasteiger partial charge in [0, 0.05) is 127 Å². The van der Waals surface area contributed by atoms with Gasteiger partial charge in [-0.15, -0.1) is 34.0 Å². The summed E-state index contributed by atoms with van der Waals surface area (Å²) in [7, 11) is 0. The first-order valence-corrected chi connectivity index (χ1v) is 30.8. The van der Waals surface area contributed by atoms with Crippen molar-refractivity contribution >= 4 is 160 Å². The highest BCUT2D eigenvalue weighted by Gasteiger charge is 2.21. The van der Waals surface area contributed by atoms with Crippen LogP contribution in [0.1, 0.15) is 0 Å². The Kier molecular flexibility index (Phi) is 9.75. The van der Waals surface area contributed by atoms with Gasteiger partial charge in [-0.05, 0) is 127 Å². The van der Waals surface area contributed by atoms with Gasteiger partial charge in [0.1, 0.15) is 0 Å². The van der Waals surface area contributed by atoms with Crippen LogP contribution in [0.2, 0.25) is 0 Å². The van der Waals surface area contributed by atoms with Crippen LogP contribution in [0.5, 0.6) is 0 Å². The molecule has 0 unspecified atom stereocenters. The van der Waals surface area contributed by atoms with E-state index in [0.29, 0.717) is 5.82 Å². The van der Waals surface area contributed by atoms with Gasteiger partial charge in [0.25, 0.3) is 0 Å². The van der Waals surface area contributed by atoms with Crippen LogP contribution in [-0.4, -0.2) is 23.7 Å². The summed E-state index contributed by atoms with van der Waals surface area (Å²) in [5.74, 6) is 0.662. The van der Waals surface area contributed by atoms with Crippen LogP contribution in [-0.2, 0) is 0 Å². The van der Waals surface area contributed by atoms with Crippen molar-refractivity contribution in [1.29, 1.82) is 0 Å². The summed E-state index contributed by atoms with van der Waals surface area (Å²) < 4.78 is 15.1. The third kappa shape index (κ3) is 6.81. The van der Waals surface area contributed by atoms with Crippen LogP contribution in [0.3, 0.4) is 0 Å². The highest BCUT2D eigenvalue weighted by molar-refractivity contribution is 7.26. The topological polar surface area (TPSA) is 40.6 Å². The van der Waals surface area contributed by atoms with Crippen LogP contribution in [0.25, 0.3) is 177 Å². The predicted molar refractivity (Wildman–Crippen MR) is 360 cm³/mol. The molecule has 0 aliphatic carbocycles. The molecule has 84 heavy (non-hydrogen) atoms. The summed E-state index contributed by atoms with van der Waals surface area (Å²) in [5.41, 5.74) is 15.0. The molecule has 12 aromatic carbocycles. The first-order chi connectivity index (χ1) is 41.6. The van der Waals surface area contributed by atoms with E-state index in [2.05, 4.69) is 275 Å². The monoisotopic (exact) mass is 1120 g/mol. The molecule has 0 spiro atoms. The van der Waals surface area contributed by atoms with Gasteiger partial charge in [-0.2, -0.15) is 0 Å². The molecule has 0 saturated carbocycles. The molecule has 390 valence electrons. The van der Waals surface area contributed by atoms with Gasteiger partial charge in [-0.25, -0.2) is 9.97 Å². The average molecular weight is 1120 g/mol. The highest BCUT2D eigenvalue weighted by Crippen LogP contribution is 2.45. The van der Waals surface area contributed by atoms with Crippen molar-refractivity contribution in [2.24, 2.45) is 0 Å². The lowest BCUT2D eigenvalue weighted by atomic mass is 10.1. The normalized spacial score (nSPS) is 12.3. The molecule has 8 heteroatoms. The van der Waals surface area contributed by atoms with Crippen LogP contribution < -0.4 is 0 Å². The molecule has 0 atom stereocenters. The van der Waals surface area contributed by atoms with Crippen LogP contribution >= 0.6 is 34.0 Å². The second-order valence-corrected chi connectivity index (χ2v) is 25.3. The minimum atomic E-state index is 0.662. The summed E-state index contributed by atoms with van der Waals surface area (Å²) in [5, 5.41) is 15.2. The molecule has 0 aliphatic heterocycles. The molecule has 7 heterocycles. The number of nitrogens with zero attached hydrogens (tertiary/aromatic N) is 5. The molecular formula is C76H43N5S3. The van der Waals surface area contributed by atoms with Crippen molar-refractivity contribution in [3.05, 3.63) is 261 Å². The third-order valence-corrected chi connectivity index (χ3v) is 20.8. The molecule has 0 radical (unpaired) electrons. The maximum atomic E-state index is 5.50. The molecule has 0 saturated heterocycles. The summed E-state index contributed by atoms with van der Waals surface area (Å²) in [6.45, 7) is 0. The van der Waals surface area contributed by atoms with Crippen LogP contribution in [0.15, 0.2) is 261 Å². The minimum absolute atomic E-state index is 0.662. The van der Waals surface area contributed by atoms with E-state index in [1.165, 1.54) is 126 Å². The molecule has 0 fully saturated rings. The Bertz CT molecular complexity index is 5740. The van der Waals surface area contributed by atoms with Gasteiger partial charge < -0.3 is 13.7 Å². The zero-order chi connectivity index (χ0) is 54.7. The molecule has 5 nitrogen and oxygen atoms in total. The van der Waals surface area contributed by atoms with Gasteiger partial charge in [0.05, 0.1) is 44.5 Å². The Morgan fingerprint density at radius 2 is 0.583 bits per heavy atom. The fraction of sp³-hybridized carbons (Fsp3) is 0. The van der Waals surface area contributed by atoms with E-state index < -0.39 is 0 Å². The highest BCUT2D eigenvalue weighted by atomic mass is 32.1. The van der Waals surface area contributed by atoms with Crippen molar-refractivity contribution in [3.63, 3.8) is 0 Å². The first kappa shape index (κ1) is 46.4. The Balaban J connectivity index is 0.776. The maximum Gasteiger partial charge on any atom is 0.160 e. The molecule has 0 aliphatic rings. The van der Waals surface area contributed by atoms with Crippen molar-refractivity contribution in [3.8, 4) is 51.0 Å². The fourth-order valence-corrected chi connectivity index (χ4v) is 17.0. The summed E-state index contributed by atoms with van der Waals surface area (Å²) in [6.07, 6.45) is 0. The first-order valence-electron chi connectivity index (χ1n) is 28.4. The van der Waals surface area contributed by atoms with Crippen molar-refractivity contribution in [2.45, 2.75) is 0 Å². The molecule has 0 N–H and O–H groups in total. The summed E-state index contributed by atoms with van der Waals surface area (Å²) in [4.78, 5) is 11.0. The number of thiophene rings is 3. The standard InChI is InChI=1S/C76H43N5S3/c1-7-22-64-50(16-1)56-40-73-59(53-19-4-10-25-70(53)82-73)37-67(56)79(64)47-32-28-44(29-33-47)62-43-63(46-14-13-15-49(36-46)81-66-24-9-3-18-52(66)58-42-75-61(39-69(58)81)55-21-6-12-27-72(55)84-75)78-76(77-62)45-30-34-48(35-31-45)80-65-23-8-2-17-51(65)57-41-74-60(38-68(57)80)54-20-5-11-26-71(54)83-74/h1-43H. The molecule has 0 amide bonds. The van der Waals surface area contributed by atoms with E-state index in [9.17, 15) is 0 Å². The van der Waals surface area contributed by atoms with E-state index in [-0.39, 0.29) is 0 Å². The lowest BCUT2D eigenvalue weighted by Crippen LogP contribution is -1.99. The Hall–Kier alpha value is -10.2. The van der Waals surface area contributed by atoms with Crippen LogP contribution in [0.4, 0.5) is 0 Å². The number of hydrogen-bond donors (Lipinski definition) is 0. The Labute approximate surface area is 492 Å². The van der Waals surface area contributed by atoms with E-state index in [1.54, 1.807) is 0 Å². The maximum absolute atomic E-state index is 5.50. The van der Waals surface area contributed by atoms with Gasteiger partial charge in [-0.1, -0.05) is 133 Å². The molecule has 19 aromatic rings. The van der Waals surface area contributed by atoms with E-state index in [0.717, 1.165) is 45.1 Å². The smallest absolute Gasteiger partial charge is 0.160 e. The molecule has 7 aromatic heterocycles. The number of hydrogen-bond acceptors (Lipinski definition) is 5. The average Bonchev–Trinajstić information content (AvgIpc) is 2.12. The quantitative estimate of drug-likeness (QED) is 0.166. The second-order valence-electron chi connectivity index (χ2n) is 22.1. The minimum Gasteiger partial charge on any atom is -0.309 e. The van der Waals surface area contributed by atoms with Gasteiger partial charge in [-0.3, -0.25) is 0 Å². The van der Waals surface area contributed by atoms with Crippen molar-refractivity contribution in [2.75, 3.05) is 0 Å². The van der Waals surface area contributed by atoms with Crippen molar-refractivity contribution in [1.82, 2.24) is 23.7 Å². The van der Waals surface area contributed by atoms with Gasteiger partial charge >= 0.3 is 0 Å². The lowest BCUT2D eigenvalue weighted by molar-refractivity contribution is 1.15. The van der Waals surface area contributed by atoms with Gasteiger partial charge in [0.2, 0.25) is 0 Å². The molecule has 19 rings (SSSR count). The number of benzene rings is 12. The summed E-state index contributed by atoms with van der Waals surface area (Å²) >= 11 is 5.60. The van der Waals surface area contributed by atoms with E-state index in [1.807, 2.05) is 34.0 Å². The summed E-state index contributed by atoms with van der Waals surface area (Å²) in [6, 6.07) is 95.9. The SMILES string of the molecule is c1cc(-c2cc(-c3ccc(-n4c5ccccc5c5cc6sc7ccccc7c6cc54)cc3)nc(-c3ccc(-n4c5ccccc5c5cc6sc7ccccc7c6cc54)cc3)n2)cc(-n2c3ccccc3c3cc4sc5ccccc5c4cc32)c1. The number of fused-ring (bicyclic) bond motifs is 18. The Morgan fingerprint density at radius 1 is 0.214 bits per heavy atom. The van der Waals surface area contributed by atoms with E-state index >= 15 is 0 Å². The number of aromatic nitrogens is 5. The van der Waals surface area contributed by atoms with Gasteiger partial charge in [0.15, 0.2) is 5.82 Å². The van der Waals surface area contributed by atoms with Crippen molar-refractivity contribution < 1.29 is 0 Å². The number of para-hydroxylation sites is 3. The second kappa shape index (κ2) is 17.6. The fourth-order valence-electron chi connectivity index (χ4n) is 13.6. The predicted octanol–water partition coefficient (Wildman–Crippen LogP) is 21.9. The largest absolute Gasteiger partial charge is 0.309 e. The van der Waals surface area contributed by atoms with E-state index in [4.69, 9.17) is 9.97 Å². The zero-order valence-corrected chi connectivity index (χ0v) is 47.2. The third-order valence-electron chi connectivity index (χ3n) is 17.4. The molecule has 0 bridgehead atoms. The van der Waals surface area contributed by atoms with Crippen LogP contribution in [0, 0.1) is 0 Å². The number of rotatable bonds is 6. The molecular weight excluding hydrogens is 1080 g/mol.